The fourth-order valence-electron chi connectivity index (χ4n) is 4.22. The second-order valence-electron chi connectivity index (χ2n) is 8.69. The van der Waals surface area contributed by atoms with Gasteiger partial charge in [-0.05, 0) is 52.8 Å². The highest BCUT2D eigenvalue weighted by Crippen LogP contribution is 2.32. The van der Waals surface area contributed by atoms with Gasteiger partial charge in [-0.3, -0.25) is 4.90 Å². The number of nitrogens with one attached hydrogen (secondary N) is 1. The number of aromatic nitrogens is 4. The largest absolute Gasteiger partial charge is 0.368 e. The van der Waals surface area contributed by atoms with Crippen LogP contribution in [-0.2, 0) is 0 Å². The highest BCUT2D eigenvalue weighted by Gasteiger charge is 2.25. The summed E-state index contributed by atoms with van der Waals surface area (Å²) in [7, 11) is 0. The molecule has 32 heavy (non-hydrogen) atoms. The van der Waals surface area contributed by atoms with Gasteiger partial charge in [0.05, 0.1) is 11.6 Å². The number of rotatable bonds is 5. The summed E-state index contributed by atoms with van der Waals surface area (Å²) >= 11 is 0. The van der Waals surface area contributed by atoms with E-state index in [1.54, 1.807) is 19.9 Å². The lowest BCUT2D eigenvalue weighted by Gasteiger charge is -2.38. The molecule has 1 fully saturated rings. The molecule has 0 amide bonds. The van der Waals surface area contributed by atoms with E-state index in [1.807, 2.05) is 6.92 Å². The number of aryl methyl sites for hydroxylation is 2. The van der Waals surface area contributed by atoms with Crippen molar-refractivity contribution in [1.29, 1.82) is 0 Å². The predicted octanol–water partition coefficient (Wildman–Crippen LogP) is 3.46. The zero-order valence-corrected chi connectivity index (χ0v) is 19.4. The minimum absolute atomic E-state index is 0.142. The van der Waals surface area contributed by atoms with Crippen LogP contribution < -0.4 is 16.0 Å². The van der Waals surface area contributed by atoms with Gasteiger partial charge in [0.1, 0.15) is 17.5 Å². The zero-order chi connectivity index (χ0) is 23.0. The molecule has 1 aliphatic rings. The Labute approximate surface area is 188 Å². The molecule has 0 bridgehead atoms. The van der Waals surface area contributed by atoms with Crippen LogP contribution in [0.4, 0.5) is 22.1 Å². The number of piperazine rings is 1. The maximum absolute atomic E-state index is 14.3. The van der Waals surface area contributed by atoms with Crippen molar-refractivity contribution in [3.63, 3.8) is 0 Å². The van der Waals surface area contributed by atoms with E-state index in [2.05, 4.69) is 50.0 Å². The van der Waals surface area contributed by atoms with E-state index in [-0.39, 0.29) is 17.8 Å². The zero-order valence-electron chi connectivity index (χ0n) is 19.4. The molecule has 0 spiro atoms. The van der Waals surface area contributed by atoms with Gasteiger partial charge in [0.25, 0.3) is 0 Å². The molecule has 170 valence electrons. The first kappa shape index (κ1) is 22.1. The Morgan fingerprint density at radius 1 is 1.00 bits per heavy atom. The fourth-order valence-corrected chi connectivity index (χ4v) is 4.22. The van der Waals surface area contributed by atoms with Crippen LogP contribution in [0.2, 0.25) is 0 Å². The highest BCUT2D eigenvalue weighted by molar-refractivity contribution is 5.85. The molecule has 0 aliphatic carbocycles. The lowest BCUT2D eigenvalue weighted by molar-refractivity contribution is 0.209. The Kier molecular flexibility index (Phi) is 6.10. The summed E-state index contributed by atoms with van der Waals surface area (Å²) in [4.78, 5) is 22.3. The monoisotopic (exact) mass is 438 g/mol. The molecule has 2 aromatic heterocycles. The first-order valence-electron chi connectivity index (χ1n) is 11.1. The third kappa shape index (κ3) is 4.43. The average Bonchev–Trinajstić information content (AvgIpc) is 2.75. The van der Waals surface area contributed by atoms with Crippen LogP contribution in [0.15, 0.2) is 18.2 Å². The number of nitrogens with zero attached hydrogens (tertiary/aromatic N) is 6. The van der Waals surface area contributed by atoms with Crippen molar-refractivity contribution >= 4 is 28.6 Å². The minimum atomic E-state index is -0.240. The average molecular weight is 439 g/mol. The van der Waals surface area contributed by atoms with Gasteiger partial charge in [-0.15, -0.1) is 0 Å². The summed E-state index contributed by atoms with van der Waals surface area (Å²) in [6.07, 6.45) is 0. The molecule has 3 aromatic rings. The molecule has 1 aliphatic heterocycles. The molecule has 0 unspecified atom stereocenters. The van der Waals surface area contributed by atoms with E-state index in [0.29, 0.717) is 28.9 Å². The van der Waals surface area contributed by atoms with Gasteiger partial charge in [-0.25, -0.2) is 9.37 Å². The molecule has 1 atom stereocenters. The Morgan fingerprint density at radius 3 is 2.38 bits per heavy atom. The quantitative estimate of drug-likeness (QED) is 0.625. The number of hydrogen-bond donors (Lipinski definition) is 2. The smallest absolute Gasteiger partial charge is 0.228 e. The van der Waals surface area contributed by atoms with Crippen molar-refractivity contribution in [3.8, 4) is 0 Å². The third-order valence-electron chi connectivity index (χ3n) is 6.10. The molecular weight excluding hydrogens is 407 g/mol. The predicted molar refractivity (Wildman–Crippen MR) is 126 cm³/mol. The maximum Gasteiger partial charge on any atom is 0.228 e. The Hall–Kier alpha value is -3.07. The van der Waals surface area contributed by atoms with Gasteiger partial charge in [0, 0.05) is 48.7 Å². The SMILES string of the molecule is Cc1nc(N)nc(N[C@@H](C)c2cc3ccc(F)c(C)c3nc2N2CCN(C(C)C)CC2)n1. The molecular formula is C23H31FN8. The molecule has 3 N–H and O–H groups in total. The molecule has 0 radical (unpaired) electrons. The van der Waals surface area contributed by atoms with Crippen molar-refractivity contribution in [2.75, 3.05) is 42.1 Å². The number of anilines is 3. The Morgan fingerprint density at radius 2 is 1.72 bits per heavy atom. The first-order chi connectivity index (χ1) is 15.2. The summed E-state index contributed by atoms with van der Waals surface area (Å²) in [6, 6.07) is 5.74. The number of benzene rings is 1. The molecule has 1 aromatic carbocycles. The van der Waals surface area contributed by atoms with Gasteiger partial charge in [0.2, 0.25) is 11.9 Å². The van der Waals surface area contributed by atoms with Crippen LogP contribution in [0.1, 0.15) is 43.8 Å². The van der Waals surface area contributed by atoms with E-state index >= 15 is 0 Å². The number of fused-ring (bicyclic) bond motifs is 1. The van der Waals surface area contributed by atoms with Crippen molar-refractivity contribution in [2.45, 2.75) is 46.7 Å². The minimum Gasteiger partial charge on any atom is -0.368 e. The fraction of sp³-hybridized carbons (Fsp3) is 0.478. The van der Waals surface area contributed by atoms with Crippen molar-refractivity contribution < 1.29 is 4.39 Å². The number of halogens is 1. The van der Waals surface area contributed by atoms with E-state index in [1.165, 1.54) is 6.07 Å². The summed E-state index contributed by atoms with van der Waals surface area (Å²) in [5.74, 6) is 1.79. The van der Waals surface area contributed by atoms with E-state index in [0.717, 1.165) is 42.9 Å². The molecule has 3 heterocycles. The molecule has 4 rings (SSSR count). The van der Waals surface area contributed by atoms with Crippen LogP contribution in [0.3, 0.4) is 0 Å². The second-order valence-corrected chi connectivity index (χ2v) is 8.69. The van der Waals surface area contributed by atoms with Crippen molar-refractivity contribution in [1.82, 2.24) is 24.8 Å². The van der Waals surface area contributed by atoms with Crippen molar-refractivity contribution in [3.05, 3.63) is 41.0 Å². The van der Waals surface area contributed by atoms with Crippen LogP contribution in [0, 0.1) is 19.7 Å². The third-order valence-corrected chi connectivity index (χ3v) is 6.10. The van der Waals surface area contributed by atoms with Gasteiger partial charge < -0.3 is 16.0 Å². The summed E-state index contributed by atoms with van der Waals surface area (Å²) < 4.78 is 14.3. The summed E-state index contributed by atoms with van der Waals surface area (Å²) in [6.45, 7) is 13.7. The second kappa shape index (κ2) is 8.82. The first-order valence-corrected chi connectivity index (χ1v) is 11.1. The Bertz CT molecular complexity index is 1100. The number of nitrogen functional groups attached to an aromatic ring is 1. The molecule has 8 nitrogen and oxygen atoms in total. The van der Waals surface area contributed by atoms with Gasteiger partial charge >= 0.3 is 0 Å². The van der Waals surface area contributed by atoms with Gasteiger partial charge in [-0.1, -0.05) is 0 Å². The number of nitrogens with two attached hydrogens (primary N) is 1. The van der Waals surface area contributed by atoms with Crippen LogP contribution in [0.25, 0.3) is 10.9 Å². The molecule has 1 saturated heterocycles. The number of hydrogen-bond acceptors (Lipinski definition) is 8. The lowest BCUT2D eigenvalue weighted by Crippen LogP contribution is -2.49. The highest BCUT2D eigenvalue weighted by atomic mass is 19.1. The topological polar surface area (TPSA) is 96.1 Å². The summed E-state index contributed by atoms with van der Waals surface area (Å²) in [5.41, 5.74) is 8.08. The summed E-state index contributed by atoms with van der Waals surface area (Å²) in [5, 5.41) is 4.25. The van der Waals surface area contributed by atoms with Crippen LogP contribution in [0.5, 0.6) is 0 Å². The van der Waals surface area contributed by atoms with Crippen molar-refractivity contribution in [2.24, 2.45) is 0 Å². The Balaban J connectivity index is 1.74. The van der Waals surface area contributed by atoms with E-state index < -0.39 is 0 Å². The number of pyridine rings is 1. The van der Waals surface area contributed by atoms with E-state index in [9.17, 15) is 4.39 Å². The molecule has 0 saturated carbocycles. The van der Waals surface area contributed by atoms with Gasteiger partial charge in [-0.2, -0.15) is 15.0 Å². The van der Waals surface area contributed by atoms with Crippen LogP contribution in [-0.4, -0.2) is 57.1 Å². The standard InChI is InChI=1S/C23H31FN8/c1-13(2)31-8-10-32(11-9-31)21-18(12-17-6-7-19(24)14(3)20(17)29-21)15(4)26-23-28-16(5)27-22(25)30-23/h6-7,12-13,15H,8-11H2,1-5H3,(H3,25,26,27,28,30)/t15-/m0/s1. The van der Waals surface area contributed by atoms with Crippen LogP contribution >= 0.6 is 0 Å². The lowest BCUT2D eigenvalue weighted by atomic mass is 10.0. The molecule has 9 heteroatoms. The normalized spacial score (nSPS) is 16.0. The van der Waals surface area contributed by atoms with E-state index in [4.69, 9.17) is 10.7 Å². The van der Waals surface area contributed by atoms with Gasteiger partial charge in [0.15, 0.2) is 0 Å². The maximum atomic E-state index is 14.3.